The summed E-state index contributed by atoms with van der Waals surface area (Å²) < 4.78 is 5.69. The molecule has 1 aliphatic carbocycles. The Kier molecular flexibility index (Phi) is 2.30. The molecule has 3 rings (SSSR count). The summed E-state index contributed by atoms with van der Waals surface area (Å²) in [4.78, 5) is 0. The van der Waals surface area contributed by atoms with Crippen LogP contribution in [-0.2, 0) is 6.42 Å². The molecule has 0 atom stereocenters. The summed E-state index contributed by atoms with van der Waals surface area (Å²) in [6.45, 7) is 4.14. The van der Waals surface area contributed by atoms with Crippen LogP contribution in [0.1, 0.15) is 36.1 Å². The molecule has 17 heavy (non-hydrogen) atoms. The highest BCUT2D eigenvalue weighted by atomic mass is 16.3. The van der Waals surface area contributed by atoms with Crippen LogP contribution in [0.15, 0.2) is 22.6 Å². The van der Waals surface area contributed by atoms with Crippen molar-refractivity contribution >= 4 is 11.0 Å². The lowest BCUT2D eigenvalue weighted by atomic mass is 10.0. The second-order valence-corrected chi connectivity index (χ2v) is 5.48. The third-order valence-corrected chi connectivity index (χ3v) is 4.04. The number of aryl methyl sites for hydroxylation is 3. The minimum atomic E-state index is 0.149. The van der Waals surface area contributed by atoms with Crippen LogP contribution in [0.5, 0.6) is 0 Å². The van der Waals surface area contributed by atoms with E-state index in [2.05, 4.69) is 25.1 Å². The van der Waals surface area contributed by atoms with Crippen LogP contribution >= 0.6 is 0 Å². The minimum absolute atomic E-state index is 0.149. The molecule has 1 fully saturated rings. The molecule has 1 heterocycles. The van der Waals surface area contributed by atoms with E-state index in [0.29, 0.717) is 0 Å². The monoisotopic (exact) mass is 229 g/mol. The Bertz CT molecular complexity index is 564. The number of furan rings is 1. The van der Waals surface area contributed by atoms with Gasteiger partial charge < -0.3 is 10.2 Å². The van der Waals surface area contributed by atoms with Crippen molar-refractivity contribution in [3.05, 3.63) is 35.1 Å². The van der Waals surface area contributed by atoms with E-state index in [9.17, 15) is 0 Å². The SMILES string of the molecule is Cc1oc2ccc(CCC3(N)CC3)cc2c1C. The number of benzene rings is 1. The Morgan fingerprint density at radius 3 is 2.76 bits per heavy atom. The van der Waals surface area contributed by atoms with Gasteiger partial charge in [0.1, 0.15) is 11.3 Å². The van der Waals surface area contributed by atoms with Crippen LogP contribution in [0.25, 0.3) is 11.0 Å². The van der Waals surface area contributed by atoms with Gasteiger partial charge in [0.2, 0.25) is 0 Å². The quantitative estimate of drug-likeness (QED) is 0.875. The first-order valence-electron chi connectivity index (χ1n) is 6.35. The lowest BCUT2D eigenvalue weighted by molar-refractivity contribution is 0.575. The molecule has 1 saturated carbocycles. The molecule has 0 radical (unpaired) electrons. The number of hydrogen-bond acceptors (Lipinski definition) is 2. The Balaban J connectivity index is 1.87. The van der Waals surface area contributed by atoms with Gasteiger partial charge in [0.05, 0.1) is 0 Å². The van der Waals surface area contributed by atoms with Gasteiger partial charge in [-0.1, -0.05) is 6.07 Å². The molecule has 2 N–H and O–H groups in total. The lowest BCUT2D eigenvalue weighted by Gasteiger charge is -2.07. The molecule has 2 aromatic rings. The lowest BCUT2D eigenvalue weighted by Crippen LogP contribution is -2.22. The highest BCUT2D eigenvalue weighted by Gasteiger charge is 2.37. The molecule has 1 aliphatic rings. The van der Waals surface area contributed by atoms with Crippen molar-refractivity contribution in [3.63, 3.8) is 0 Å². The van der Waals surface area contributed by atoms with Gasteiger partial charge in [0.15, 0.2) is 0 Å². The minimum Gasteiger partial charge on any atom is -0.461 e. The van der Waals surface area contributed by atoms with Gasteiger partial charge in [0, 0.05) is 10.9 Å². The zero-order valence-electron chi connectivity index (χ0n) is 10.5. The number of hydrogen-bond donors (Lipinski definition) is 1. The van der Waals surface area contributed by atoms with Crippen LogP contribution in [0.3, 0.4) is 0 Å². The third kappa shape index (κ3) is 1.98. The van der Waals surface area contributed by atoms with E-state index in [1.807, 2.05) is 6.92 Å². The molecular formula is C15H19NO. The maximum absolute atomic E-state index is 6.12. The molecule has 0 saturated heterocycles. The molecule has 1 aromatic heterocycles. The molecule has 90 valence electrons. The summed E-state index contributed by atoms with van der Waals surface area (Å²) in [5, 5.41) is 1.25. The third-order valence-electron chi connectivity index (χ3n) is 4.04. The van der Waals surface area contributed by atoms with Gasteiger partial charge in [-0.3, -0.25) is 0 Å². The normalized spacial score (nSPS) is 17.6. The maximum Gasteiger partial charge on any atom is 0.134 e. The van der Waals surface area contributed by atoms with Gasteiger partial charge in [-0.15, -0.1) is 0 Å². The van der Waals surface area contributed by atoms with Crippen molar-refractivity contribution in [2.75, 3.05) is 0 Å². The van der Waals surface area contributed by atoms with Crippen LogP contribution in [0.4, 0.5) is 0 Å². The van der Waals surface area contributed by atoms with Crippen LogP contribution in [-0.4, -0.2) is 5.54 Å². The molecule has 0 aliphatic heterocycles. The van der Waals surface area contributed by atoms with Crippen LogP contribution in [0, 0.1) is 13.8 Å². The molecular weight excluding hydrogens is 210 g/mol. The number of rotatable bonds is 3. The average Bonchev–Trinajstić information content (AvgIpc) is 2.98. The average molecular weight is 229 g/mol. The van der Waals surface area contributed by atoms with Crippen LogP contribution < -0.4 is 5.73 Å². The van der Waals surface area contributed by atoms with Gasteiger partial charge in [-0.2, -0.15) is 0 Å². The first kappa shape index (κ1) is 10.8. The van der Waals surface area contributed by atoms with E-state index >= 15 is 0 Å². The van der Waals surface area contributed by atoms with E-state index in [4.69, 9.17) is 10.2 Å². The number of nitrogens with two attached hydrogens (primary N) is 1. The van der Waals surface area contributed by atoms with Gasteiger partial charge in [-0.25, -0.2) is 0 Å². The molecule has 0 amide bonds. The summed E-state index contributed by atoms with van der Waals surface area (Å²) >= 11 is 0. The molecule has 0 unspecified atom stereocenters. The van der Waals surface area contributed by atoms with E-state index in [1.54, 1.807) is 0 Å². The van der Waals surface area contributed by atoms with Crippen molar-refractivity contribution in [1.82, 2.24) is 0 Å². The van der Waals surface area contributed by atoms with E-state index < -0.39 is 0 Å². The summed E-state index contributed by atoms with van der Waals surface area (Å²) in [6, 6.07) is 6.50. The molecule has 1 aromatic carbocycles. The predicted octanol–water partition coefficient (Wildman–Crippen LogP) is 3.47. The summed E-state index contributed by atoms with van der Waals surface area (Å²) in [6.07, 6.45) is 4.57. The zero-order valence-corrected chi connectivity index (χ0v) is 10.5. The summed E-state index contributed by atoms with van der Waals surface area (Å²) in [5.74, 6) is 1.02. The highest BCUT2D eigenvalue weighted by Crippen LogP contribution is 2.37. The molecule has 2 nitrogen and oxygen atoms in total. The van der Waals surface area contributed by atoms with E-state index in [0.717, 1.165) is 24.2 Å². The number of fused-ring (bicyclic) bond motifs is 1. The largest absolute Gasteiger partial charge is 0.461 e. The topological polar surface area (TPSA) is 39.2 Å². The maximum atomic E-state index is 6.12. The van der Waals surface area contributed by atoms with E-state index in [1.165, 1.54) is 29.4 Å². The van der Waals surface area contributed by atoms with Crippen molar-refractivity contribution in [1.29, 1.82) is 0 Å². The standard InChI is InChI=1S/C15H19NO/c1-10-11(2)17-14-4-3-12(9-13(10)14)5-6-15(16)7-8-15/h3-4,9H,5-8,16H2,1-2H3. The van der Waals surface area contributed by atoms with Crippen molar-refractivity contribution in [2.24, 2.45) is 5.73 Å². The Hall–Kier alpha value is -1.28. The summed E-state index contributed by atoms with van der Waals surface area (Å²) in [5.41, 5.74) is 9.90. The molecule has 0 bridgehead atoms. The van der Waals surface area contributed by atoms with Gasteiger partial charge >= 0.3 is 0 Å². The molecule has 2 heteroatoms. The Morgan fingerprint density at radius 1 is 1.29 bits per heavy atom. The fourth-order valence-corrected chi connectivity index (χ4v) is 2.35. The fourth-order valence-electron chi connectivity index (χ4n) is 2.35. The smallest absolute Gasteiger partial charge is 0.134 e. The fraction of sp³-hybridized carbons (Fsp3) is 0.467. The predicted molar refractivity (Wildman–Crippen MR) is 70.2 cm³/mol. The Labute approximate surface area is 102 Å². The van der Waals surface area contributed by atoms with E-state index in [-0.39, 0.29) is 5.54 Å². The Morgan fingerprint density at radius 2 is 2.06 bits per heavy atom. The van der Waals surface area contributed by atoms with Crippen molar-refractivity contribution < 1.29 is 4.42 Å². The first-order valence-corrected chi connectivity index (χ1v) is 6.35. The zero-order chi connectivity index (χ0) is 12.0. The highest BCUT2D eigenvalue weighted by molar-refractivity contribution is 5.82. The van der Waals surface area contributed by atoms with Crippen molar-refractivity contribution in [2.45, 2.75) is 45.1 Å². The second-order valence-electron chi connectivity index (χ2n) is 5.48. The van der Waals surface area contributed by atoms with Crippen molar-refractivity contribution in [3.8, 4) is 0 Å². The first-order chi connectivity index (χ1) is 8.07. The summed E-state index contributed by atoms with van der Waals surface area (Å²) in [7, 11) is 0. The van der Waals surface area contributed by atoms with Gasteiger partial charge in [-0.05, 0) is 62.8 Å². The van der Waals surface area contributed by atoms with Gasteiger partial charge in [0.25, 0.3) is 0 Å². The molecule has 0 spiro atoms. The van der Waals surface area contributed by atoms with Crippen LogP contribution in [0.2, 0.25) is 0 Å². The second kappa shape index (κ2) is 3.61.